The van der Waals surface area contributed by atoms with Crippen molar-refractivity contribution in [2.75, 3.05) is 47.1 Å². The molecule has 0 bridgehead atoms. The average molecular weight is 413 g/mol. The zero-order valence-corrected chi connectivity index (χ0v) is 17.0. The van der Waals surface area contributed by atoms with Gasteiger partial charge in [0.1, 0.15) is 16.4 Å². The third-order valence-corrected chi connectivity index (χ3v) is 6.71. The third-order valence-electron chi connectivity index (χ3n) is 4.54. The minimum absolute atomic E-state index is 0.0424. The molecule has 0 spiro atoms. The number of benzene rings is 1. The molecule has 0 unspecified atom stereocenters. The first-order valence-electron chi connectivity index (χ1n) is 8.60. The van der Waals surface area contributed by atoms with Crippen LogP contribution >= 0.6 is 11.3 Å². The Morgan fingerprint density at radius 1 is 1.22 bits per heavy atom. The van der Waals surface area contributed by atoms with Crippen molar-refractivity contribution in [3.63, 3.8) is 0 Å². The molecule has 1 N–H and O–H groups in total. The van der Waals surface area contributed by atoms with Crippen LogP contribution in [0.1, 0.15) is 11.6 Å². The van der Waals surface area contributed by atoms with Crippen LogP contribution in [0.4, 0.5) is 0 Å². The van der Waals surface area contributed by atoms with E-state index < -0.39 is 10.0 Å². The highest BCUT2D eigenvalue weighted by atomic mass is 32.2. The van der Waals surface area contributed by atoms with E-state index in [1.165, 1.54) is 20.3 Å². The van der Waals surface area contributed by atoms with Crippen molar-refractivity contribution in [3.05, 3.63) is 40.6 Å². The smallest absolute Gasteiger partial charge is 0.244 e. The Bertz CT molecular complexity index is 833. The van der Waals surface area contributed by atoms with Gasteiger partial charge in [-0.1, -0.05) is 0 Å². The van der Waals surface area contributed by atoms with E-state index in [2.05, 4.69) is 15.0 Å². The normalized spacial score (nSPS) is 16.8. The van der Waals surface area contributed by atoms with E-state index in [1.807, 2.05) is 11.4 Å². The standard InChI is InChI=1S/C18H24N2O5S2/c1-23-15-3-4-18(17(11-15)24-2)27(21,22)19-12-16(14-5-10-26-13-14)20-6-8-25-9-7-20/h3-5,10-11,13,16,19H,6-9,12H2,1-2H3/t16-/m1/s1. The van der Waals surface area contributed by atoms with Crippen molar-refractivity contribution in [1.29, 1.82) is 0 Å². The predicted molar refractivity (Wildman–Crippen MR) is 104 cm³/mol. The minimum atomic E-state index is -3.74. The fraction of sp³-hybridized carbons (Fsp3) is 0.444. The number of nitrogens with zero attached hydrogens (tertiary/aromatic N) is 1. The van der Waals surface area contributed by atoms with Gasteiger partial charge in [0, 0.05) is 31.7 Å². The fourth-order valence-electron chi connectivity index (χ4n) is 3.07. The highest BCUT2D eigenvalue weighted by molar-refractivity contribution is 7.89. The average Bonchev–Trinajstić information content (AvgIpc) is 3.22. The van der Waals surface area contributed by atoms with Crippen LogP contribution in [0.15, 0.2) is 39.9 Å². The van der Waals surface area contributed by atoms with Crippen LogP contribution in [-0.2, 0) is 14.8 Å². The fourth-order valence-corrected chi connectivity index (χ4v) is 4.97. The van der Waals surface area contributed by atoms with E-state index in [4.69, 9.17) is 14.2 Å². The highest BCUT2D eigenvalue weighted by Gasteiger charge is 2.26. The summed E-state index contributed by atoms with van der Waals surface area (Å²) in [6, 6.07) is 6.66. The van der Waals surface area contributed by atoms with Crippen LogP contribution in [0.3, 0.4) is 0 Å². The Morgan fingerprint density at radius 3 is 2.63 bits per heavy atom. The lowest BCUT2D eigenvalue weighted by Gasteiger charge is -2.34. The molecule has 27 heavy (non-hydrogen) atoms. The first kappa shape index (κ1) is 20.1. The van der Waals surface area contributed by atoms with Gasteiger partial charge >= 0.3 is 0 Å². The summed E-state index contributed by atoms with van der Waals surface area (Å²) in [6.45, 7) is 3.12. The monoisotopic (exact) mass is 412 g/mol. The van der Waals surface area contributed by atoms with E-state index in [0.29, 0.717) is 19.0 Å². The predicted octanol–water partition coefficient (Wildman–Crippen LogP) is 2.12. The largest absolute Gasteiger partial charge is 0.497 e. The first-order chi connectivity index (χ1) is 13.0. The molecule has 2 aromatic rings. The van der Waals surface area contributed by atoms with Crippen molar-refractivity contribution in [3.8, 4) is 11.5 Å². The van der Waals surface area contributed by atoms with Gasteiger partial charge in [-0.15, -0.1) is 0 Å². The number of hydrogen-bond acceptors (Lipinski definition) is 7. The highest BCUT2D eigenvalue weighted by Crippen LogP contribution is 2.29. The number of rotatable bonds is 8. The van der Waals surface area contributed by atoms with Gasteiger partial charge in [0.05, 0.1) is 27.4 Å². The number of hydrogen-bond donors (Lipinski definition) is 1. The van der Waals surface area contributed by atoms with Gasteiger partial charge in [-0.3, -0.25) is 4.90 Å². The van der Waals surface area contributed by atoms with Crippen molar-refractivity contribution in [1.82, 2.24) is 9.62 Å². The van der Waals surface area contributed by atoms with Crippen LogP contribution in [-0.4, -0.2) is 60.4 Å². The van der Waals surface area contributed by atoms with E-state index in [1.54, 1.807) is 23.5 Å². The van der Waals surface area contributed by atoms with Gasteiger partial charge < -0.3 is 14.2 Å². The summed E-state index contributed by atoms with van der Waals surface area (Å²) >= 11 is 1.60. The molecule has 9 heteroatoms. The Morgan fingerprint density at radius 2 is 2.00 bits per heavy atom. The number of morpholine rings is 1. The van der Waals surface area contributed by atoms with Gasteiger partial charge in [-0.05, 0) is 34.5 Å². The maximum Gasteiger partial charge on any atom is 0.244 e. The lowest BCUT2D eigenvalue weighted by atomic mass is 10.1. The molecule has 1 atom stereocenters. The second kappa shape index (κ2) is 9.03. The zero-order chi connectivity index (χ0) is 19.3. The number of ether oxygens (including phenoxy) is 3. The van der Waals surface area contributed by atoms with Gasteiger partial charge in [-0.2, -0.15) is 11.3 Å². The number of nitrogens with one attached hydrogen (secondary N) is 1. The van der Waals surface area contributed by atoms with Crippen molar-refractivity contribution >= 4 is 21.4 Å². The molecule has 1 saturated heterocycles. The summed E-state index contributed by atoms with van der Waals surface area (Å²) in [7, 11) is -0.775. The third kappa shape index (κ3) is 4.80. The van der Waals surface area contributed by atoms with Crippen LogP contribution in [0.2, 0.25) is 0 Å². The van der Waals surface area contributed by atoms with Crippen molar-refractivity contribution in [2.24, 2.45) is 0 Å². The molecule has 3 rings (SSSR count). The van der Waals surface area contributed by atoms with Gasteiger partial charge in [0.15, 0.2) is 0 Å². The van der Waals surface area contributed by atoms with Crippen molar-refractivity contribution < 1.29 is 22.6 Å². The summed E-state index contributed by atoms with van der Waals surface area (Å²) in [5.41, 5.74) is 1.10. The molecular weight excluding hydrogens is 388 g/mol. The molecule has 148 valence electrons. The lowest BCUT2D eigenvalue weighted by Crippen LogP contribution is -2.43. The van der Waals surface area contributed by atoms with Crippen molar-refractivity contribution in [2.45, 2.75) is 10.9 Å². The molecule has 2 heterocycles. The summed E-state index contributed by atoms with van der Waals surface area (Å²) in [6.07, 6.45) is 0. The van der Waals surface area contributed by atoms with Gasteiger partial charge in [0.25, 0.3) is 0 Å². The first-order valence-corrected chi connectivity index (χ1v) is 11.0. The summed E-state index contributed by atoms with van der Waals surface area (Å²) in [5, 5.41) is 4.06. The summed E-state index contributed by atoms with van der Waals surface area (Å²) < 4.78 is 44.3. The molecule has 1 aliphatic heterocycles. The van der Waals surface area contributed by atoms with Crippen LogP contribution in [0.5, 0.6) is 11.5 Å². The Balaban J connectivity index is 1.80. The van der Waals surface area contributed by atoms with E-state index in [-0.39, 0.29) is 23.2 Å². The number of sulfonamides is 1. The van der Waals surface area contributed by atoms with Gasteiger partial charge in [-0.25, -0.2) is 13.1 Å². The Kier molecular flexibility index (Phi) is 6.72. The zero-order valence-electron chi connectivity index (χ0n) is 15.4. The molecule has 1 fully saturated rings. The van der Waals surface area contributed by atoms with Crippen LogP contribution in [0.25, 0.3) is 0 Å². The molecule has 0 amide bonds. The molecule has 1 aromatic carbocycles. The molecular formula is C18H24N2O5S2. The minimum Gasteiger partial charge on any atom is -0.497 e. The Hall–Kier alpha value is -1.65. The van der Waals surface area contributed by atoms with Crippen LogP contribution in [0, 0.1) is 0 Å². The van der Waals surface area contributed by atoms with E-state index in [0.717, 1.165) is 18.7 Å². The maximum absolute atomic E-state index is 12.9. The molecule has 7 nitrogen and oxygen atoms in total. The topological polar surface area (TPSA) is 77.1 Å². The summed E-state index contributed by atoms with van der Waals surface area (Å²) in [5.74, 6) is 0.788. The molecule has 0 aliphatic carbocycles. The van der Waals surface area contributed by atoms with Gasteiger partial charge in [0.2, 0.25) is 10.0 Å². The second-order valence-corrected chi connectivity index (χ2v) is 8.60. The van der Waals surface area contributed by atoms with E-state index >= 15 is 0 Å². The lowest BCUT2D eigenvalue weighted by molar-refractivity contribution is 0.0173. The summed E-state index contributed by atoms with van der Waals surface area (Å²) in [4.78, 5) is 2.34. The molecule has 1 aromatic heterocycles. The Labute approximate surface area is 163 Å². The number of methoxy groups -OCH3 is 2. The molecule has 0 radical (unpaired) electrons. The molecule has 1 aliphatic rings. The van der Waals surface area contributed by atoms with E-state index in [9.17, 15) is 8.42 Å². The number of thiophene rings is 1. The second-order valence-electron chi connectivity index (χ2n) is 6.09. The maximum atomic E-state index is 12.9. The quantitative estimate of drug-likeness (QED) is 0.716. The van der Waals surface area contributed by atoms with Crippen LogP contribution < -0.4 is 14.2 Å². The molecule has 0 saturated carbocycles. The SMILES string of the molecule is COc1ccc(S(=O)(=O)NC[C@H](c2ccsc2)N2CCOCC2)c(OC)c1.